The first-order valence-electron chi connectivity index (χ1n) is 7.08. The summed E-state index contributed by atoms with van der Waals surface area (Å²) < 4.78 is 18.4. The summed E-state index contributed by atoms with van der Waals surface area (Å²) in [6.45, 7) is 2.89. The highest BCUT2D eigenvalue weighted by Gasteiger charge is 2.26. The molecular weight excluding hydrogens is 275 g/mol. The standard InChI is InChI=1S/C15H21FN2O3/c1-10(19)11-4-3-5-18(9-11)15(20)17-13-6-12(16)7-14(8-13)21-2/h6-8,10-11,19H,3-5,9H2,1-2H3,(H,17,20). The molecule has 5 nitrogen and oxygen atoms in total. The van der Waals surface area contributed by atoms with E-state index in [-0.39, 0.29) is 11.9 Å². The zero-order valence-electron chi connectivity index (χ0n) is 12.3. The number of aliphatic hydroxyl groups is 1. The maximum absolute atomic E-state index is 13.4. The lowest BCUT2D eigenvalue weighted by Crippen LogP contribution is -2.44. The Kier molecular flexibility index (Phi) is 5.01. The van der Waals surface area contributed by atoms with Gasteiger partial charge in [-0.3, -0.25) is 0 Å². The molecule has 1 aromatic rings. The van der Waals surface area contributed by atoms with E-state index in [1.54, 1.807) is 17.9 Å². The summed E-state index contributed by atoms with van der Waals surface area (Å²) >= 11 is 0. The van der Waals surface area contributed by atoms with Crippen molar-refractivity contribution in [1.82, 2.24) is 4.90 Å². The van der Waals surface area contributed by atoms with Gasteiger partial charge in [0.25, 0.3) is 0 Å². The molecule has 0 aromatic heterocycles. The molecule has 1 fully saturated rings. The minimum absolute atomic E-state index is 0.0894. The Morgan fingerprint density at radius 2 is 2.29 bits per heavy atom. The Labute approximate surface area is 123 Å². The van der Waals surface area contributed by atoms with Crippen LogP contribution in [0.2, 0.25) is 0 Å². The van der Waals surface area contributed by atoms with Gasteiger partial charge in [-0.15, -0.1) is 0 Å². The number of nitrogens with one attached hydrogen (secondary N) is 1. The van der Waals surface area contributed by atoms with Crippen LogP contribution < -0.4 is 10.1 Å². The van der Waals surface area contributed by atoms with Crippen molar-refractivity contribution in [3.05, 3.63) is 24.0 Å². The second-order valence-corrected chi connectivity index (χ2v) is 5.40. The number of amides is 2. The molecule has 21 heavy (non-hydrogen) atoms. The molecular formula is C15H21FN2O3. The molecule has 2 atom stereocenters. The van der Waals surface area contributed by atoms with E-state index >= 15 is 0 Å². The molecule has 0 spiro atoms. The summed E-state index contributed by atoms with van der Waals surface area (Å²) in [6.07, 6.45) is 1.33. The van der Waals surface area contributed by atoms with Gasteiger partial charge in [0.05, 0.1) is 13.2 Å². The average molecular weight is 296 g/mol. The van der Waals surface area contributed by atoms with Crippen LogP contribution in [-0.4, -0.2) is 42.3 Å². The fourth-order valence-corrected chi connectivity index (χ4v) is 2.54. The van der Waals surface area contributed by atoms with Crippen molar-refractivity contribution >= 4 is 11.7 Å². The first-order chi connectivity index (χ1) is 9.99. The Hall–Kier alpha value is -1.82. The molecule has 1 aliphatic heterocycles. The van der Waals surface area contributed by atoms with E-state index in [1.807, 2.05) is 0 Å². The summed E-state index contributed by atoms with van der Waals surface area (Å²) in [5.41, 5.74) is 0.357. The zero-order valence-corrected chi connectivity index (χ0v) is 12.3. The molecule has 2 unspecified atom stereocenters. The number of rotatable bonds is 3. The number of methoxy groups -OCH3 is 1. The third-order valence-electron chi connectivity index (χ3n) is 3.79. The minimum atomic E-state index is -0.467. The summed E-state index contributed by atoms with van der Waals surface area (Å²) in [6, 6.07) is 3.78. The molecule has 2 amide bonds. The number of hydrogen-bond acceptors (Lipinski definition) is 3. The number of carbonyl (C=O) groups is 1. The Balaban J connectivity index is 2.02. The third-order valence-corrected chi connectivity index (χ3v) is 3.79. The van der Waals surface area contributed by atoms with Crippen molar-refractivity contribution in [2.24, 2.45) is 5.92 Å². The summed E-state index contributed by atoms with van der Waals surface area (Å²) in [5, 5.41) is 12.3. The number of benzene rings is 1. The number of likely N-dealkylation sites (tertiary alicyclic amines) is 1. The Bertz CT molecular complexity index is 508. The fraction of sp³-hybridized carbons (Fsp3) is 0.533. The highest BCUT2D eigenvalue weighted by atomic mass is 19.1. The predicted molar refractivity (Wildman–Crippen MR) is 77.9 cm³/mol. The molecule has 2 N–H and O–H groups in total. The van der Waals surface area contributed by atoms with Crippen molar-refractivity contribution in [3.8, 4) is 5.75 Å². The van der Waals surface area contributed by atoms with E-state index in [1.165, 1.54) is 19.2 Å². The first kappa shape index (κ1) is 15.6. The van der Waals surface area contributed by atoms with E-state index in [0.29, 0.717) is 24.5 Å². The van der Waals surface area contributed by atoms with Crippen LogP contribution in [-0.2, 0) is 0 Å². The maximum Gasteiger partial charge on any atom is 0.321 e. The number of halogens is 1. The quantitative estimate of drug-likeness (QED) is 0.900. The molecule has 2 rings (SSSR count). The van der Waals surface area contributed by atoms with Crippen LogP contribution in [0.3, 0.4) is 0 Å². The van der Waals surface area contributed by atoms with Crippen LogP contribution in [0.1, 0.15) is 19.8 Å². The minimum Gasteiger partial charge on any atom is -0.497 e. The van der Waals surface area contributed by atoms with Crippen LogP contribution in [0, 0.1) is 11.7 Å². The van der Waals surface area contributed by atoms with Gasteiger partial charge in [-0.05, 0) is 25.8 Å². The van der Waals surface area contributed by atoms with Crippen LogP contribution in [0.25, 0.3) is 0 Å². The van der Waals surface area contributed by atoms with Gasteiger partial charge in [-0.25, -0.2) is 9.18 Å². The second-order valence-electron chi connectivity index (χ2n) is 5.40. The van der Waals surface area contributed by atoms with Gasteiger partial charge in [0.15, 0.2) is 0 Å². The number of urea groups is 1. The molecule has 1 aliphatic rings. The molecule has 1 saturated heterocycles. The fourth-order valence-electron chi connectivity index (χ4n) is 2.54. The average Bonchev–Trinajstić information content (AvgIpc) is 2.46. The van der Waals surface area contributed by atoms with Gasteiger partial charge in [-0.2, -0.15) is 0 Å². The lowest BCUT2D eigenvalue weighted by atomic mass is 9.94. The topological polar surface area (TPSA) is 61.8 Å². The largest absolute Gasteiger partial charge is 0.497 e. The molecule has 0 radical (unpaired) electrons. The lowest BCUT2D eigenvalue weighted by Gasteiger charge is -2.34. The number of aliphatic hydroxyl groups excluding tert-OH is 1. The number of ether oxygens (including phenoxy) is 1. The number of anilines is 1. The van der Waals surface area contributed by atoms with Gasteiger partial charge >= 0.3 is 6.03 Å². The number of carbonyl (C=O) groups excluding carboxylic acids is 1. The van der Waals surface area contributed by atoms with E-state index in [4.69, 9.17) is 4.74 Å². The van der Waals surface area contributed by atoms with Crippen molar-refractivity contribution < 1.29 is 19.0 Å². The molecule has 6 heteroatoms. The van der Waals surface area contributed by atoms with Gasteiger partial charge in [-0.1, -0.05) is 0 Å². The Morgan fingerprint density at radius 3 is 2.95 bits per heavy atom. The predicted octanol–water partition coefficient (Wildman–Crippen LogP) is 2.46. The Morgan fingerprint density at radius 1 is 1.52 bits per heavy atom. The van der Waals surface area contributed by atoms with Crippen LogP contribution in [0.4, 0.5) is 14.9 Å². The van der Waals surface area contributed by atoms with Crippen molar-refractivity contribution in [3.63, 3.8) is 0 Å². The van der Waals surface area contributed by atoms with Gasteiger partial charge in [0.1, 0.15) is 11.6 Å². The van der Waals surface area contributed by atoms with E-state index in [9.17, 15) is 14.3 Å². The lowest BCUT2D eigenvalue weighted by molar-refractivity contribution is 0.0766. The summed E-state index contributed by atoms with van der Waals surface area (Å²) in [4.78, 5) is 13.9. The van der Waals surface area contributed by atoms with Crippen molar-refractivity contribution in [2.45, 2.75) is 25.9 Å². The summed E-state index contributed by atoms with van der Waals surface area (Å²) in [7, 11) is 1.44. The van der Waals surface area contributed by atoms with Crippen LogP contribution in [0.15, 0.2) is 18.2 Å². The second kappa shape index (κ2) is 6.76. The highest BCUT2D eigenvalue weighted by Crippen LogP contribution is 2.23. The van der Waals surface area contributed by atoms with Gasteiger partial charge < -0.3 is 20.1 Å². The smallest absolute Gasteiger partial charge is 0.321 e. The SMILES string of the molecule is COc1cc(F)cc(NC(=O)N2CCCC(C(C)O)C2)c1. The third kappa shape index (κ3) is 4.07. The van der Waals surface area contributed by atoms with E-state index < -0.39 is 11.9 Å². The highest BCUT2D eigenvalue weighted by molar-refractivity contribution is 5.89. The molecule has 0 saturated carbocycles. The zero-order chi connectivity index (χ0) is 15.4. The number of hydrogen-bond donors (Lipinski definition) is 2. The van der Waals surface area contributed by atoms with Crippen LogP contribution in [0.5, 0.6) is 5.75 Å². The number of piperidine rings is 1. The van der Waals surface area contributed by atoms with Crippen LogP contribution >= 0.6 is 0 Å². The molecule has 116 valence electrons. The van der Waals surface area contributed by atoms with Crippen molar-refractivity contribution in [2.75, 3.05) is 25.5 Å². The molecule has 0 aliphatic carbocycles. The first-order valence-corrected chi connectivity index (χ1v) is 7.08. The molecule has 1 aromatic carbocycles. The molecule has 1 heterocycles. The normalized spacial score (nSPS) is 20.0. The van der Waals surface area contributed by atoms with Gasteiger partial charge in [0, 0.05) is 36.8 Å². The monoisotopic (exact) mass is 296 g/mol. The van der Waals surface area contributed by atoms with Crippen molar-refractivity contribution in [1.29, 1.82) is 0 Å². The maximum atomic E-state index is 13.4. The van der Waals surface area contributed by atoms with E-state index in [2.05, 4.69) is 5.32 Å². The summed E-state index contributed by atoms with van der Waals surface area (Å²) in [5.74, 6) is -0.0255. The number of nitrogens with zero attached hydrogens (tertiary/aromatic N) is 1. The molecule has 0 bridgehead atoms. The van der Waals surface area contributed by atoms with Gasteiger partial charge in [0.2, 0.25) is 0 Å². The van der Waals surface area contributed by atoms with E-state index in [0.717, 1.165) is 12.8 Å².